The van der Waals surface area contributed by atoms with E-state index in [-0.39, 0.29) is 17.7 Å². The summed E-state index contributed by atoms with van der Waals surface area (Å²) in [5.74, 6) is 0.00266. The van der Waals surface area contributed by atoms with E-state index in [1.54, 1.807) is 0 Å². The van der Waals surface area contributed by atoms with E-state index in [2.05, 4.69) is 12.1 Å². The lowest BCUT2D eigenvalue weighted by atomic mass is 9.95. The number of likely N-dealkylation sites (tertiary alicyclic amines) is 1. The first-order chi connectivity index (χ1) is 12.5. The Bertz CT molecular complexity index is 713. The van der Waals surface area contributed by atoms with E-state index in [1.807, 2.05) is 35.8 Å². The maximum Gasteiger partial charge on any atom is 0.253 e. The third kappa shape index (κ3) is 4.24. The summed E-state index contributed by atoms with van der Waals surface area (Å²) in [5.41, 5.74) is 2.86. The highest BCUT2D eigenvalue weighted by atomic mass is 16.2. The van der Waals surface area contributed by atoms with Gasteiger partial charge in [-0.2, -0.15) is 5.26 Å². The fourth-order valence-electron chi connectivity index (χ4n) is 3.91. The zero-order valence-corrected chi connectivity index (χ0v) is 15.7. The molecule has 3 rings (SSSR count). The van der Waals surface area contributed by atoms with Crippen molar-refractivity contribution >= 4 is 11.8 Å². The third-order valence-corrected chi connectivity index (χ3v) is 5.26. The summed E-state index contributed by atoms with van der Waals surface area (Å²) in [6, 6.07) is 8.35. The van der Waals surface area contributed by atoms with Gasteiger partial charge in [0.2, 0.25) is 5.91 Å². The second kappa shape index (κ2) is 7.90. The highest BCUT2D eigenvalue weighted by Gasteiger charge is 2.37. The van der Waals surface area contributed by atoms with Crippen LogP contribution in [-0.4, -0.2) is 47.3 Å². The van der Waals surface area contributed by atoms with Crippen molar-refractivity contribution in [3.63, 3.8) is 0 Å². The molecular weight excluding hydrogens is 326 g/mol. The molecule has 2 amide bonds. The SMILES string of the molecule is Cc1cc(C)cc(C(=O)N2CCC[C@H](C(=O)N(CCC#N)C3CC3)C2)c1. The first-order valence-electron chi connectivity index (χ1n) is 9.54. The van der Waals surface area contributed by atoms with Gasteiger partial charge < -0.3 is 9.80 Å². The van der Waals surface area contributed by atoms with Gasteiger partial charge in [-0.05, 0) is 51.7 Å². The Balaban J connectivity index is 1.69. The number of hydrogen-bond acceptors (Lipinski definition) is 3. The number of amides is 2. The average Bonchev–Trinajstić information content (AvgIpc) is 3.45. The van der Waals surface area contributed by atoms with Crippen molar-refractivity contribution in [2.45, 2.75) is 52.0 Å². The van der Waals surface area contributed by atoms with Gasteiger partial charge in [0.05, 0.1) is 18.4 Å². The van der Waals surface area contributed by atoms with Crippen LogP contribution in [0.15, 0.2) is 18.2 Å². The number of rotatable bonds is 5. The minimum absolute atomic E-state index is 0.0179. The van der Waals surface area contributed by atoms with E-state index in [1.165, 1.54) is 0 Å². The maximum absolute atomic E-state index is 13.0. The minimum Gasteiger partial charge on any atom is -0.338 e. The van der Waals surface area contributed by atoms with Crippen LogP contribution in [0, 0.1) is 31.1 Å². The van der Waals surface area contributed by atoms with Crippen LogP contribution in [0.4, 0.5) is 0 Å². The zero-order valence-electron chi connectivity index (χ0n) is 15.7. The lowest BCUT2D eigenvalue weighted by molar-refractivity contribution is -0.137. The van der Waals surface area contributed by atoms with E-state index in [0.29, 0.717) is 37.7 Å². The van der Waals surface area contributed by atoms with E-state index >= 15 is 0 Å². The average molecular weight is 353 g/mol. The molecule has 1 saturated carbocycles. The van der Waals surface area contributed by atoms with Crippen LogP contribution in [0.5, 0.6) is 0 Å². The van der Waals surface area contributed by atoms with Crippen LogP contribution in [0.3, 0.4) is 0 Å². The van der Waals surface area contributed by atoms with E-state index < -0.39 is 0 Å². The summed E-state index contributed by atoms with van der Waals surface area (Å²) in [6.45, 7) is 5.70. The van der Waals surface area contributed by atoms with Crippen molar-refractivity contribution < 1.29 is 9.59 Å². The van der Waals surface area contributed by atoms with Crippen LogP contribution < -0.4 is 0 Å². The molecule has 0 spiro atoms. The fraction of sp³-hybridized carbons (Fsp3) is 0.571. The lowest BCUT2D eigenvalue weighted by Crippen LogP contribution is -2.47. The van der Waals surface area contributed by atoms with Crippen molar-refractivity contribution in [1.29, 1.82) is 5.26 Å². The Kier molecular flexibility index (Phi) is 5.61. The monoisotopic (exact) mass is 353 g/mol. The molecule has 0 radical (unpaired) electrons. The highest BCUT2D eigenvalue weighted by Crippen LogP contribution is 2.30. The van der Waals surface area contributed by atoms with Gasteiger partial charge in [0.1, 0.15) is 0 Å². The number of hydrogen-bond donors (Lipinski definition) is 0. The summed E-state index contributed by atoms with van der Waals surface area (Å²) in [4.78, 5) is 29.6. The predicted octanol–water partition coefficient (Wildman–Crippen LogP) is 3.06. The number of benzene rings is 1. The molecule has 1 aromatic rings. The summed E-state index contributed by atoms with van der Waals surface area (Å²) in [6.07, 6.45) is 4.12. The first-order valence-corrected chi connectivity index (χ1v) is 9.54. The molecule has 0 bridgehead atoms. The Hall–Kier alpha value is -2.35. The molecule has 1 aliphatic heterocycles. The first kappa shape index (κ1) is 18.4. The molecule has 1 atom stereocenters. The number of carbonyl (C=O) groups is 2. The molecule has 1 heterocycles. The van der Waals surface area contributed by atoms with E-state index in [9.17, 15) is 9.59 Å². The van der Waals surface area contributed by atoms with Gasteiger partial charge in [-0.1, -0.05) is 17.2 Å². The van der Waals surface area contributed by atoms with Crippen molar-refractivity contribution in [3.05, 3.63) is 34.9 Å². The Labute approximate surface area is 155 Å². The molecule has 5 nitrogen and oxygen atoms in total. The van der Waals surface area contributed by atoms with E-state index in [4.69, 9.17) is 5.26 Å². The van der Waals surface area contributed by atoms with Gasteiger partial charge in [-0.15, -0.1) is 0 Å². The molecule has 2 aliphatic rings. The van der Waals surface area contributed by atoms with Gasteiger partial charge in [-0.3, -0.25) is 9.59 Å². The summed E-state index contributed by atoms with van der Waals surface area (Å²) < 4.78 is 0. The fourth-order valence-corrected chi connectivity index (χ4v) is 3.91. The molecule has 1 aromatic carbocycles. The van der Waals surface area contributed by atoms with Crippen LogP contribution in [0.1, 0.15) is 53.6 Å². The molecule has 1 aliphatic carbocycles. The minimum atomic E-state index is -0.141. The van der Waals surface area contributed by atoms with Gasteiger partial charge in [0.25, 0.3) is 5.91 Å². The standard InChI is InChI=1S/C21H27N3O2/c1-15-11-16(2)13-18(12-15)20(25)23-9-3-5-17(14-23)21(26)24(10-4-8-22)19-6-7-19/h11-13,17,19H,3-7,9-10,14H2,1-2H3/t17-/m0/s1. The molecule has 0 N–H and O–H groups in total. The molecule has 5 heteroatoms. The maximum atomic E-state index is 13.0. The van der Waals surface area contributed by atoms with Crippen LogP contribution in [0.2, 0.25) is 0 Å². The number of carbonyl (C=O) groups excluding carboxylic acids is 2. The molecule has 0 aromatic heterocycles. The van der Waals surface area contributed by atoms with Crippen molar-refractivity contribution in [3.8, 4) is 6.07 Å². The zero-order chi connectivity index (χ0) is 18.7. The Morgan fingerprint density at radius 1 is 1.19 bits per heavy atom. The molecule has 2 fully saturated rings. The Morgan fingerprint density at radius 3 is 2.50 bits per heavy atom. The number of nitrogens with zero attached hydrogens (tertiary/aromatic N) is 3. The summed E-state index contributed by atoms with van der Waals surface area (Å²) >= 11 is 0. The number of aryl methyl sites for hydroxylation is 2. The highest BCUT2D eigenvalue weighted by molar-refractivity contribution is 5.95. The van der Waals surface area contributed by atoms with Crippen molar-refractivity contribution in [2.24, 2.45) is 5.92 Å². The van der Waals surface area contributed by atoms with Crippen molar-refractivity contribution in [1.82, 2.24) is 9.80 Å². The lowest BCUT2D eigenvalue weighted by Gasteiger charge is -2.35. The number of piperidine rings is 1. The molecule has 0 unspecified atom stereocenters. The normalized spacial score (nSPS) is 19.7. The summed E-state index contributed by atoms with van der Waals surface area (Å²) in [5, 5.41) is 8.85. The van der Waals surface area contributed by atoms with Gasteiger partial charge in [-0.25, -0.2) is 0 Å². The molecule has 26 heavy (non-hydrogen) atoms. The second-order valence-corrected chi connectivity index (χ2v) is 7.64. The smallest absolute Gasteiger partial charge is 0.253 e. The molecule has 138 valence electrons. The number of nitriles is 1. The van der Waals surface area contributed by atoms with Crippen molar-refractivity contribution in [2.75, 3.05) is 19.6 Å². The van der Waals surface area contributed by atoms with E-state index in [0.717, 1.165) is 36.8 Å². The van der Waals surface area contributed by atoms with Gasteiger partial charge in [0, 0.05) is 31.2 Å². The van der Waals surface area contributed by atoms with Crippen LogP contribution in [-0.2, 0) is 4.79 Å². The summed E-state index contributed by atoms with van der Waals surface area (Å²) in [7, 11) is 0. The molecular formula is C21H27N3O2. The van der Waals surface area contributed by atoms with Crippen LogP contribution >= 0.6 is 0 Å². The Morgan fingerprint density at radius 2 is 1.88 bits per heavy atom. The topological polar surface area (TPSA) is 64.4 Å². The van der Waals surface area contributed by atoms with Gasteiger partial charge >= 0.3 is 0 Å². The second-order valence-electron chi connectivity index (χ2n) is 7.64. The van der Waals surface area contributed by atoms with Gasteiger partial charge in [0.15, 0.2) is 0 Å². The van der Waals surface area contributed by atoms with Crippen LogP contribution in [0.25, 0.3) is 0 Å². The quantitative estimate of drug-likeness (QED) is 0.817. The molecule has 1 saturated heterocycles. The third-order valence-electron chi connectivity index (χ3n) is 5.26. The predicted molar refractivity (Wildman–Crippen MR) is 99.5 cm³/mol. The largest absolute Gasteiger partial charge is 0.338 e.